The topological polar surface area (TPSA) is 74.9 Å². The summed E-state index contributed by atoms with van der Waals surface area (Å²) in [4.78, 5) is 25.0. The van der Waals surface area contributed by atoms with Gasteiger partial charge in [-0.2, -0.15) is 18.4 Å². The number of nitrogens with one attached hydrogen (secondary N) is 1. The van der Waals surface area contributed by atoms with Gasteiger partial charge in [0.2, 0.25) is 5.91 Å². The van der Waals surface area contributed by atoms with Gasteiger partial charge in [-0.25, -0.2) is 0 Å². The lowest BCUT2D eigenvalue weighted by atomic mass is 10.1. The number of nitrogens with zero attached hydrogens (tertiary/aromatic N) is 2. The van der Waals surface area contributed by atoms with E-state index in [1.165, 1.54) is 11.3 Å². The van der Waals surface area contributed by atoms with Crippen LogP contribution in [0.1, 0.15) is 28.0 Å². The second-order valence-electron chi connectivity index (χ2n) is 5.57. The van der Waals surface area contributed by atoms with Crippen LogP contribution in [0.3, 0.4) is 0 Å². The highest BCUT2D eigenvalue weighted by atomic mass is 32.1. The minimum atomic E-state index is -4.78. The van der Waals surface area contributed by atoms with Crippen molar-refractivity contribution in [2.75, 3.05) is 5.32 Å². The first-order chi connectivity index (χ1) is 11.8. The van der Waals surface area contributed by atoms with Crippen LogP contribution in [0.25, 0.3) is 0 Å². The van der Waals surface area contributed by atoms with Crippen LogP contribution >= 0.6 is 11.3 Å². The number of thiophene rings is 1. The molecule has 0 aliphatic heterocycles. The molecule has 5 nitrogen and oxygen atoms in total. The number of aryl methyl sites for hydroxylation is 1. The van der Waals surface area contributed by atoms with Gasteiger partial charge in [0.25, 0.3) is 5.56 Å². The molecular formula is C16H12F3N3O2S. The highest BCUT2D eigenvalue weighted by Crippen LogP contribution is 2.38. The molecule has 0 unspecified atom stereocenters. The van der Waals surface area contributed by atoms with Crippen LogP contribution in [0.5, 0.6) is 0 Å². The van der Waals surface area contributed by atoms with E-state index < -0.39 is 29.8 Å². The average Bonchev–Trinajstić information content (AvgIpc) is 3.08. The van der Waals surface area contributed by atoms with Gasteiger partial charge in [0, 0.05) is 11.1 Å². The molecule has 9 heteroatoms. The van der Waals surface area contributed by atoms with Crippen LogP contribution in [0.4, 0.5) is 18.2 Å². The fourth-order valence-corrected chi connectivity index (χ4v) is 4.06. The summed E-state index contributed by atoms with van der Waals surface area (Å²) in [6, 6.07) is 3.81. The fourth-order valence-electron chi connectivity index (χ4n) is 2.81. The van der Waals surface area contributed by atoms with Crippen LogP contribution < -0.4 is 10.9 Å². The lowest BCUT2D eigenvalue weighted by Crippen LogP contribution is -2.31. The number of hydrogen-bond acceptors (Lipinski definition) is 4. The number of rotatable bonds is 3. The van der Waals surface area contributed by atoms with Crippen LogP contribution in [0.2, 0.25) is 0 Å². The lowest BCUT2D eigenvalue weighted by Gasteiger charge is -2.10. The molecule has 1 N–H and O–H groups in total. The van der Waals surface area contributed by atoms with E-state index in [0.29, 0.717) is 21.2 Å². The second-order valence-corrected chi connectivity index (χ2v) is 6.68. The summed E-state index contributed by atoms with van der Waals surface area (Å²) in [6.07, 6.45) is -1.07. The first-order valence-electron chi connectivity index (χ1n) is 7.42. The van der Waals surface area contributed by atoms with Gasteiger partial charge < -0.3 is 9.88 Å². The zero-order valence-electron chi connectivity index (χ0n) is 12.8. The zero-order chi connectivity index (χ0) is 18.2. The standard InChI is InChI=1S/C16H12F3N3O2S/c17-16(18,19)11-4-2-6-22(15(11)24)8-13(23)21-14-10(7-20)9-3-1-5-12(9)25-14/h2,4,6H,1,3,5,8H2,(H,21,23). The molecule has 1 aliphatic carbocycles. The Hall–Kier alpha value is -2.60. The van der Waals surface area contributed by atoms with Crippen molar-refractivity contribution >= 4 is 22.2 Å². The fraction of sp³-hybridized carbons (Fsp3) is 0.312. The number of fused-ring (bicyclic) bond motifs is 1. The molecule has 0 saturated carbocycles. The minimum absolute atomic E-state index is 0.386. The van der Waals surface area contributed by atoms with Gasteiger partial charge >= 0.3 is 6.18 Å². The van der Waals surface area contributed by atoms with Gasteiger partial charge in [-0.15, -0.1) is 11.3 Å². The molecule has 0 radical (unpaired) electrons. The molecule has 130 valence electrons. The molecule has 0 atom stereocenters. The van der Waals surface area contributed by atoms with Crippen LogP contribution in [0.15, 0.2) is 23.1 Å². The Morgan fingerprint density at radius 1 is 1.40 bits per heavy atom. The predicted molar refractivity (Wildman–Crippen MR) is 85.4 cm³/mol. The van der Waals surface area contributed by atoms with Gasteiger partial charge in [-0.3, -0.25) is 9.59 Å². The number of hydrogen-bond donors (Lipinski definition) is 1. The first-order valence-corrected chi connectivity index (χ1v) is 8.24. The lowest BCUT2D eigenvalue weighted by molar-refractivity contribution is -0.139. The smallest absolute Gasteiger partial charge is 0.315 e. The summed E-state index contributed by atoms with van der Waals surface area (Å²) in [5.41, 5.74) is -1.27. The summed E-state index contributed by atoms with van der Waals surface area (Å²) in [6.45, 7) is -0.559. The maximum absolute atomic E-state index is 12.8. The highest BCUT2D eigenvalue weighted by molar-refractivity contribution is 7.16. The Labute approximate surface area is 144 Å². The van der Waals surface area contributed by atoms with Gasteiger partial charge in [0.1, 0.15) is 23.2 Å². The molecule has 3 rings (SSSR count). The molecule has 2 heterocycles. The third-order valence-corrected chi connectivity index (χ3v) is 5.13. The summed E-state index contributed by atoms with van der Waals surface area (Å²) in [5.74, 6) is -0.655. The van der Waals surface area contributed by atoms with Gasteiger partial charge in [-0.1, -0.05) is 0 Å². The monoisotopic (exact) mass is 367 g/mol. The number of alkyl halides is 3. The number of amides is 1. The summed E-state index contributed by atoms with van der Waals surface area (Å²) in [7, 11) is 0. The molecule has 0 bridgehead atoms. The first kappa shape index (κ1) is 17.2. The van der Waals surface area contributed by atoms with E-state index >= 15 is 0 Å². The number of nitriles is 1. The molecule has 25 heavy (non-hydrogen) atoms. The Morgan fingerprint density at radius 3 is 2.84 bits per heavy atom. The largest absolute Gasteiger partial charge is 0.421 e. The number of carbonyl (C=O) groups is 1. The zero-order valence-corrected chi connectivity index (χ0v) is 13.6. The maximum Gasteiger partial charge on any atom is 0.421 e. The van der Waals surface area contributed by atoms with Crippen molar-refractivity contribution < 1.29 is 18.0 Å². The van der Waals surface area contributed by atoms with E-state index in [1.54, 1.807) is 0 Å². The van der Waals surface area contributed by atoms with Crippen molar-refractivity contribution in [2.45, 2.75) is 32.0 Å². The summed E-state index contributed by atoms with van der Waals surface area (Å²) in [5, 5.41) is 12.2. The van der Waals surface area contributed by atoms with Gasteiger partial charge in [-0.05, 0) is 37.0 Å². The average molecular weight is 367 g/mol. The van der Waals surface area contributed by atoms with Gasteiger partial charge in [0.15, 0.2) is 0 Å². The van der Waals surface area contributed by atoms with E-state index in [4.69, 9.17) is 0 Å². The molecule has 1 aliphatic rings. The Balaban J connectivity index is 1.81. The molecule has 0 aromatic carbocycles. The number of halogens is 3. The van der Waals surface area contributed by atoms with Crippen LogP contribution in [-0.2, 0) is 30.4 Å². The summed E-state index contributed by atoms with van der Waals surface area (Å²) < 4.78 is 39.0. The van der Waals surface area contributed by atoms with E-state index in [0.717, 1.165) is 42.0 Å². The van der Waals surface area contributed by atoms with Gasteiger partial charge in [0.05, 0.1) is 5.56 Å². The van der Waals surface area contributed by atoms with E-state index in [2.05, 4.69) is 11.4 Å². The molecule has 0 spiro atoms. The van der Waals surface area contributed by atoms with Crippen molar-refractivity contribution in [2.24, 2.45) is 0 Å². The Bertz CT molecular complexity index is 938. The molecular weight excluding hydrogens is 355 g/mol. The summed E-state index contributed by atoms with van der Waals surface area (Å²) >= 11 is 1.30. The Morgan fingerprint density at radius 2 is 2.16 bits per heavy atom. The van der Waals surface area contributed by atoms with Crippen molar-refractivity contribution in [3.05, 3.63) is 50.3 Å². The van der Waals surface area contributed by atoms with Crippen molar-refractivity contribution in [1.29, 1.82) is 5.26 Å². The van der Waals surface area contributed by atoms with Crippen molar-refractivity contribution in [1.82, 2.24) is 4.57 Å². The second kappa shape index (κ2) is 6.37. The predicted octanol–water partition coefficient (Wildman–Crippen LogP) is 2.93. The van der Waals surface area contributed by atoms with Crippen molar-refractivity contribution in [3.63, 3.8) is 0 Å². The van der Waals surface area contributed by atoms with Crippen molar-refractivity contribution in [3.8, 4) is 6.07 Å². The molecule has 2 aromatic heterocycles. The number of pyridine rings is 1. The van der Waals surface area contributed by atoms with Crippen LogP contribution in [0, 0.1) is 11.3 Å². The minimum Gasteiger partial charge on any atom is -0.315 e. The quantitative estimate of drug-likeness (QED) is 0.906. The van der Waals surface area contributed by atoms with Crippen LogP contribution in [-0.4, -0.2) is 10.5 Å². The Kier molecular flexibility index (Phi) is 4.39. The van der Waals surface area contributed by atoms with E-state index in [1.807, 2.05) is 0 Å². The molecule has 1 amide bonds. The highest BCUT2D eigenvalue weighted by Gasteiger charge is 2.34. The number of anilines is 1. The SMILES string of the molecule is N#Cc1c(NC(=O)Cn2cccc(C(F)(F)F)c2=O)sc2c1CCC2. The molecule has 2 aromatic rings. The third-order valence-electron chi connectivity index (χ3n) is 3.93. The molecule has 0 saturated heterocycles. The van der Waals surface area contributed by atoms with E-state index in [-0.39, 0.29) is 0 Å². The number of carbonyl (C=O) groups excluding carboxylic acids is 1. The third kappa shape index (κ3) is 3.30. The molecule has 0 fully saturated rings. The number of aromatic nitrogens is 1. The van der Waals surface area contributed by atoms with E-state index in [9.17, 15) is 28.0 Å². The normalized spacial score (nSPS) is 13.4. The maximum atomic E-state index is 12.8.